The van der Waals surface area contributed by atoms with E-state index in [2.05, 4.69) is 38.2 Å². The second kappa shape index (κ2) is 6.35. The van der Waals surface area contributed by atoms with Crippen molar-refractivity contribution in [1.29, 1.82) is 0 Å². The maximum atomic E-state index is 5.53. The van der Waals surface area contributed by atoms with Crippen LogP contribution in [0.2, 0.25) is 0 Å². The number of hydrogen-bond donors (Lipinski definition) is 2. The zero-order chi connectivity index (χ0) is 10.3. The monoisotopic (exact) mass is 187 g/mol. The third-order valence-electron chi connectivity index (χ3n) is 2.16. The first kappa shape index (κ1) is 12.9. The van der Waals surface area contributed by atoms with Gasteiger partial charge in [0, 0.05) is 19.6 Å². The van der Waals surface area contributed by atoms with Crippen LogP contribution in [0.25, 0.3) is 0 Å². The minimum absolute atomic E-state index is 0.334. The Bertz CT molecular complexity index is 121. The maximum absolute atomic E-state index is 5.53. The second-order valence-corrected chi connectivity index (χ2v) is 4.68. The van der Waals surface area contributed by atoms with Crippen molar-refractivity contribution in [2.45, 2.75) is 20.3 Å². The maximum Gasteiger partial charge on any atom is 0.0101 e. The van der Waals surface area contributed by atoms with Crippen molar-refractivity contribution >= 4 is 0 Å². The molecule has 80 valence electrons. The van der Waals surface area contributed by atoms with Gasteiger partial charge in [0.05, 0.1) is 0 Å². The first-order valence-corrected chi connectivity index (χ1v) is 5.03. The highest BCUT2D eigenvalue weighted by Gasteiger charge is 2.15. The van der Waals surface area contributed by atoms with Crippen molar-refractivity contribution in [2.24, 2.45) is 11.1 Å². The zero-order valence-corrected chi connectivity index (χ0v) is 9.56. The van der Waals surface area contributed by atoms with Crippen molar-refractivity contribution < 1.29 is 0 Å². The lowest BCUT2D eigenvalue weighted by Crippen LogP contribution is -2.35. The molecule has 0 radical (unpaired) electrons. The number of nitrogens with two attached hydrogens (primary N) is 1. The van der Waals surface area contributed by atoms with Gasteiger partial charge in [0.2, 0.25) is 0 Å². The van der Waals surface area contributed by atoms with Crippen molar-refractivity contribution in [3.63, 3.8) is 0 Å². The van der Waals surface area contributed by atoms with E-state index in [1.165, 1.54) is 0 Å². The Morgan fingerprint density at radius 2 is 1.92 bits per heavy atom. The van der Waals surface area contributed by atoms with Crippen LogP contribution in [0.15, 0.2) is 0 Å². The minimum atomic E-state index is 0.334. The van der Waals surface area contributed by atoms with Crippen molar-refractivity contribution in [1.82, 2.24) is 10.2 Å². The molecule has 0 spiro atoms. The summed E-state index contributed by atoms with van der Waals surface area (Å²) in [6.07, 6.45) is 1.09. The number of nitrogens with zero attached hydrogens (tertiary/aromatic N) is 1. The summed E-state index contributed by atoms with van der Waals surface area (Å²) >= 11 is 0. The van der Waals surface area contributed by atoms with Crippen LogP contribution in [0.3, 0.4) is 0 Å². The summed E-state index contributed by atoms with van der Waals surface area (Å²) in [6.45, 7) is 8.49. The highest BCUT2D eigenvalue weighted by atomic mass is 15.1. The molecule has 0 fully saturated rings. The Morgan fingerprint density at radius 1 is 1.31 bits per heavy atom. The predicted molar refractivity (Wildman–Crippen MR) is 58.9 cm³/mol. The van der Waals surface area contributed by atoms with E-state index < -0.39 is 0 Å². The van der Waals surface area contributed by atoms with Crippen LogP contribution >= 0.6 is 0 Å². The quantitative estimate of drug-likeness (QED) is 0.571. The summed E-state index contributed by atoms with van der Waals surface area (Å²) in [5, 5.41) is 3.44. The summed E-state index contributed by atoms with van der Waals surface area (Å²) in [6, 6.07) is 0. The number of nitrogens with one attached hydrogen (secondary N) is 1. The van der Waals surface area contributed by atoms with Gasteiger partial charge in [-0.1, -0.05) is 13.8 Å². The summed E-state index contributed by atoms with van der Waals surface area (Å²) in [4.78, 5) is 2.18. The molecule has 0 aliphatic rings. The fourth-order valence-corrected chi connectivity index (χ4v) is 1.21. The fraction of sp³-hybridized carbons (Fsp3) is 1.00. The molecule has 0 rings (SSSR count). The van der Waals surface area contributed by atoms with Crippen LogP contribution in [-0.4, -0.2) is 45.2 Å². The van der Waals surface area contributed by atoms with E-state index in [4.69, 9.17) is 5.73 Å². The standard InChI is InChI=1S/C10H25N3/c1-10(2,5-6-11)9-12-7-8-13(3)4/h12H,5-9,11H2,1-4H3. The Labute approximate surface area is 82.7 Å². The van der Waals surface area contributed by atoms with E-state index in [0.29, 0.717) is 5.41 Å². The van der Waals surface area contributed by atoms with Gasteiger partial charge in [0.25, 0.3) is 0 Å². The van der Waals surface area contributed by atoms with Crippen molar-refractivity contribution in [3.05, 3.63) is 0 Å². The third kappa shape index (κ3) is 8.22. The topological polar surface area (TPSA) is 41.3 Å². The molecule has 3 nitrogen and oxygen atoms in total. The van der Waals surface area contributed by atoms with Crippen LogP contribution in [0.5, 0.6) is 0 Å². The van der Waals surface area contributed by atoms with Gasteiger partial charge in [0.15, 0.2) is 0 Å². The molecular weight excluding hydrogens is 162 g/mol. The average Bonchev–Trinajstić information content (AvgIpc) is 1.98. The Kier molecular flexibility index (Phi) is 6.29. The van der Waals surface area contributed by atoms with Gasteiger partial charge in [-0.15, -0.1) is 0 Å². The molecule has 0 heterocycles. The van der Waals surface area contributed by atoms with Crippen LogP contribution in [0.1, 0.15) is 20.3 Å². The number of rotatable bonds is 7. The molecule has 0 aromatic heterocycles. The SMILES string of the molecule is CN(C)CCNCC(C)(C)CCN. The molecule has 0 unspecified atom stereocenters. The van der Waals surface area contributed by atoms with Crippen LogP contribution < -0.4 is 11.1 Å². The van der Waals surface area contributed by atoms with Gasteiger partial charge in [-0.2, -0.15) is 0 Å². The van der Waals surface area contributed by atoms with Gasteiger partial charge in [-0.25, -0.2) is 0 Å². The first-order chi connectivity index (χ1) is 5.98. The second-order valence-electron chi connectivity index (χ2n) is 4.68. The molecule has 13 heavy (non-hydrogen) atoms. The van der Waals surface area contributed by atoms with Crippen molar-refractivity contribution in [3.8, 4) is 0 Å². The minimum Gasteiger partial charge on any atom is -0.330 e. The summed E-state index contributed by atoms with van der Waals surface area (Å²) in [5.41, 5.74) is 5.87. The van der Waals surface area contributed by atoms with E-state index in [9.17, 15) is 0 Å². The Balaban J connectivity index is 3.40. The first-order valence-electron chi connectivity index (χ1n) is 5.03. The molecule has 3 N–H and O–H groups in total. The molecule has 0 saturated heterocycles. The molecule has 0 saturated carbocycles. The van der Waals surface area contributed by atoms with E-state index in [1.54, 1.807) is 0 Å². The van der Waals surface area contributed by atoms with Gasteiger partial charge < -0.3 is 16.0 Å². The lowest BCUT2D eigenvalue weighted by Gasteiger charge is -2.24. The molecule has 0 amide bonds. The fourth-order valence-electron chi connectivity index (χ4n) is 1.21. The normalized spacial score (nSPS) is 12.5. The van der Waals surface area contributed by atoms with Crippen LogP contribution in [0.4, 0.5) is 0 Å². The predicted octanol–water partition coefficient (Wildman–Crippen LogP) is 0.513. The lowest BCUT2D eigenvalue weighted by atomic mass is 9.89. The lowest BCUT2D eigenvalue weighted by molar-refractivity contribution is 0.308. The average molecular weight is 187 g/mol. The highest BCUT2D eigenvalue weighted by Crippen LogP contribution is 2.17. The molecule has 0 aromatic carbocycles. The molecule has 0 aliphatic carbocycles. The van der Waals surface area contributed by atoms with Crippen LogP contribution in [0, 0.1) is 5.41 Å². The summed E-state index contributed by atoms with van der Waals surface area (Å²) in [7, 11) is 4.18. The Hall–Kier alpha value is -0.120. The van der Waals surface area contributed by atoms with E-state index in [1.807, 2.05) is 0 Å². The van der Waals surface area contributed by atoms with Gasteiger partial charge in [-0.05, 0) is 32.5 Å². The molecule has 0 aromatic rings. The van der Waals surface area contributed by atoms with Gasteiger partial charge >= 0.3 is 0 Å². The highest BCUT2D eigenvalue weighted by molar-refractivity contribution is 4.71. The third-order valence-corrected chi connectivity index (χ3v) is 2.16. The molecular formula is C10H25N3. The molecule has 3 heteroatoms. The number of hydrogen-bond acceptors (Lipinski definition) is 3. The number of likely N-dealkylation sites (N-methyl/N-ethyl adjacent to an activating group) is 1. The Morgan fingerprint density at radius 3 is 2.38 bits per heavy atom. The molecule has 0 bridgehead atoms. The smallest absolute Gasteiger partial charge is 0.0101 e. The molecule has 0 aliphatic heterocycles. The van der Waals surface area contributed by atoms with E-state index in [0.717, 1.165) is 32.6 Å². The van der Waals surface area contributed by atoms with Gasteiger partial charge in [-0.3, -0.25) is 0 Å². The van der Waals surface area contributed by atoms with Gasteiger partial charge in [0.1, 0.15) is 0 Å². The van der Waals surface area contributed by atoms with E-state index in [-0.39, 0.29) is 0 Å². The molecule has 0 atom stereocenters. The summed E-state index contributed by atoms with van der Waals surface area (Å²) in [5.74, 6) is 0. The van der Waals surface area contributed by atoms with Crippen LogP contribution in [-0.2, 0) is 0 Å². The summed E-state index contributed by atoms with van der Waals surface area (Å²) < 4.78 is 0. The van der Waals surface area contributed by atoms with Crippen molar-refractivity contribution in [2.75, 3.05) is 40.3 Å². The largest absolute Gasteiger partial charge is 0.330 e. The zero-order valence-electron chi connectivity index (χ0n) is 9.56. The van der Waals surface area contributed by atoms with E-state index >= 15 is 0 Å².